The monoisotopic (exact) mass is 326 g/mol. The Balaban J connectivity index is 1.49. The van der Waals surface area contributed by atoms with Crippen LogP contribution in [0.3, 0.4) is 0 Å². The number of aliphatic hydroxyl groups is 1. The molecule has 0 spiro atoms. The topological polar surface area (TPSA) is 44.7 Å². The van der Waals surface area contributed by atoms with E-state index in [0.29, 0.717) is 6.54 Å². The number of hydrogen-bond acceptors (Lipinski definition) is 4. The predicted molar refractivity (Wildman–Crippen MR) is 97.4 cm³/mol. The molecule has 1 aliphatic rings. The molecule has 128 valence electrons. The van der Waals surface area contributed by atoms with Gasteiger partial charge in [-0.15, -0.1) is 0 Å². The first-order chi connectivity index (χ1) is 11.7. The lowest BCUT2D eigenvalue weighted by atomic mass is 9.91. The Morgan fingerprint density at radius 1 is 1.08 bits per heavy atom. The second kappa shape index (κ2) is 7.69. The summed E-state index contributed by atoms with van der Waals surface area (Å²) in [6, 6.07) is 18.3. The third-order valence-electron chi connectivity index (χ3n) is 4.73. The van der Waals surface area contributed by atoms with Crippen molar-refractivity contribution in [3.8, 4) is 5.75 Å². The SMILES string of the molecule is COc1cccc(NCC2(O)CCN(Cc3ccccc3)CC2)c1. The van der Waals surface area contributed by atoms with Crippen LogP contribution in [0.25, 0.3) is 0 Å². The molecule has 0 bridgehead atoms. The Bertz CT molecular complexity index is 637. The van der Waals surface area contributed by atoms with Gasteiger partial charge in [0.05, 0.1) is 12.7 Å². The molecular weight excluding hydrogens is 300 g/mol. The van der Waals surface area contributed by atoms with Gasteiger partial charge in [0.1, 0.15) is 5.75 Å². The van der Waals surface area contributed by atoms with E-state index in [-0.39, 0.29) is 0 Å². The number of nitrogens with zero attached hydrogens (tertiary/aromatic N) is 1. The number of likely N-dealkylation sites (tertiary alicyclic amines) is 1. The van der Waals surface area contributed by atoms with E-state index in [1.165, 1.54) is 5.56 Å². The zero-order valence-electron chi connectivity index (χ0n) is 14.2. The van der Waals surface area contributed by atoms with Crippen LogP contribution < -0.4 is 10.1 Å². The van der Waals surface area contributed by atoms with E-state index >= 15 is 0 Å². The van der Waals surface area contributed by atoms with Gasteiger partial charge < -0.3 is 15.2 Å². The Morgan fingerprint density at radius 3 is 2.54 bits per heavy atom. The lowest BCUT2D eigenvalue weighted by Crippen LogP contribution is -2.47. The van der Waals surface area contributed by atoms with E-state index in [4.69, 9.17) is 4.74 Å². The molecular formula is C20H26N2O2. The molecule has 4 heteroatoms. The Hall–Kier alpha value is -2.04. The fourth-order valence-corrected chi connectivity index (χ4v) is 3.15. The van der Waals surface area contributed by atoms with Gasteiger partial charge in [0.2, 0.25) is 0 Å². The van der Waals surface area contributed by atoms with Crippen molar-refractivity contribution in [3.05, 3.63) is 60.2 Å². The van der Waals surface area contributed by atoms with Crippen molar-refractivity contribution in [1.82, 2.24) is 4.90 Å². The molecule has 3 rings (SSSR count). The number of methoxy groups -OCH3 is 1. The summed E-state index contributed by atoms with van der Waals surface area (Å²) in [5, 5.41) is 14.2. The zero-order valence-corrected chi connectivity index (χ0v) is 14.2. The normalized spacial score (nSPS) is 17.4. The number of piperidine rings is 1. The van der Waals surface area contributed by atoms with Crippen LogP contribution in [0.1, 0.15) is 18.4 Å². The highest BCUT2D eigenvalue weighted by atomic mass is 16.5. The lowest BCUT2D eigenvalue weighted by molar-refractivity contribution is -0.0120. The molecule has 0 aliphatic carbocycles. The first kappa shape index (κ1) is 16.8. The van der Waals surface area contributed by atoms with Gasteiger partial charge in [-0.2, -0.15) is 0 Å². The molecule has 4 nitrogen and oxygen atoms in total. The fraction of sp³-hybridized carbons (Fsp3) is 0.400. The number of nitrogens with one attached hydrogen (secondary N) is 1. The predicted octanol–water partition coefficient (Wildman–Crippen LogP) is 3.13. The molecule has 1 fully saturated rings. The maximum Gasteiger partial charge on any atom is 0.120 e. The summed E-state index contributed by atoms with van der Waals surface area (Å²) in [6.07, 6.45) is 1.58. The average Bonchev–Trinajstić information content (AvgIpc) is 2.63. The maximum absolute atomic E-state index is 10.8. The van der Waals surface area contributed by atoms with Crippen LogP contribution in [-0.2, 0) is 6.54 Å². The second-order valence-corrected chi connectivity index (χ2v) is 6.57. The highest BCUT2D eigenvalue weighted by molar-refractivity contribution is 5.48. The first-order valence-corrected chi connectivity index (χ1v) is 8.53. The number of anilines is 1. The number of hydrogen-bond donors (Lipinski definition) is 2. The summed E-state index contributed by atoms with van der Waals surface area (Å²) in [4.78, 5) is 2.41. The molecule has 2 aromatic rings. The van der Waals surface area contributed by atoms with E-state index in [1.807, 2.05) is 30.3 Å². The van der Waals surface area contributed by atoms with E-state index in [0.717, 1.165) is 43.9 Å². The third-order valence-corrected chi connectivity index (χ3v) is 4.73. The summed E-state index contributed by atoms with van der Waals surface area (Å²) in [6.45, 7) is 3.37. The van der Waals surface area contributed by atoms with Crippen molar-refractivity contribution in [2.24, 2.45) is 0 Å². The van der Waals surface area contributed by atoms with Crippen molar-refractivity contribution in [1.29, 1.82) is 0 Å². The summed E-state index contributed by atoms with van der Waals surface area (Å²) in [5.41, 5.74) is 1.67. The molecule has 2 N–H and O–H groups in total. The van der Waals surface area contributed by atoms with Crippen molar-refractivity contribution in [3.63, 3.8) is 0 Å². The van der Waals surface area contributed by atoms with Crippen molar-refractivity contribution in [2.45, 2.75) is 25.0 Å². The first-order valence-electron chi connectivity index (χ1n) is 8.53. The van der Waals surface area contributed by atoms with Crippen LogP contribution in [0.15, 0.2) is 54.6 Å². The highest BCUT2D eigenvalue weighted by Gasteiger charge is 2.32. The van der Waals surface area contributed by atoms with Crippen LogP contribution >= 0.6 is 0 Å². The summed E-state index contributed by atoms with van der Waals surface area (Å²) in [7, 11) is 1.66. The van der Waals surface area contributed by atoms with Gasteiger partial charge >= 0.3 is 0 Å². The summed E-state index contributed by atoms with van der Waals surface area (Å²) < 4.78 is 5.23. The molecule has 0 amide bonds. The molecule has 0 aromatic heterocycles. The van der Waals surface area contributed by atoms with Crippen LogP contribution in [0.4, 0.5) is 5.69 Å². The molecule has 24 heavy (non-hydrogen) atoms. The van der Waals surface area contributed by atoms with Crippen LogP contribution in [0.2, 0.25) is 0 Å². The smallest absolute Gasteiger partial charge is 0.120 e. The van der Waals surface area contributed by atoms with E-state index in [9.17, 15) is 5.11 Å². The van der Waals surface area contributed by atoms with Crippen LogP contribution in [-0.4, -0.2) is 42.4 Å². The van der Waals surface area contributed by atoms with Gasteiger partial charge in [-0.3, -0.25) is 4.90 Å². The molecule has 1 heterocycles. The molecule has 0 saturated carbocycles. The second-order valence-electron chi connectivity index (χ2n) is 6.57. The number of benzene rings is 2. The molecule has 1 saturated heterocycles. The summed E-state index contributed by atoms with van der Waals surface area (Å²) >= 11 is 0. The minimum absolute atomic E-state index is 0.569. The minimum atomic E-state index is -0.643. The Morgan fingerprint density at radius 2 is 1.83 bits per heavy atom. The van der Waals surface area contributed by atoms with Gasteiger partial charge in [0, 0.05) is 37.9 Å². The number of ether oxygens (including phenoxy) is 1. The Labute approximate surface area is 144 Å². The minimum Gasteiger partial charge on any atom is -0.497 e. The quantitative estimate of drug-likeness (QED) is 0.856. The fourth-order valence-electron chi connectivity index (χ4n) is 3.15. The molecule has 1 aliphatic heterocycles. The maximum atomic E-state index is 10.8. The molecule has 0 atom stereocenters. The van der Waals surface area contributed by atoms with E-state index < -0.39 is 5.60 Å². The van der Waals surface area contributed by atoms with Crippen molar-refractivity contribution in [2.75, 3.05) is 32.1 Å². The van der Waals surface area contributed by atoms with E-state index in [1.54, 1.807) is 7.11 Å². The van der Waals surface area contributed by atoms with Crippen LogP contribution in [0, 0.1) is 0 Å². The summed E-state index contributed by atoms with van der Waals surface area (Å²) in [5.74, 6) is 0.824. The largest absolute Gasteiger partial charge is 0.497 e. The van der Waals surface area contributed by atoms with Gasteiger partial charge in [0.15, 0.2) is 0 Å². The zero-order chi connectivity index (χ0) is 16.8. The average molecular weight is 326 g/mol. The third kappa shape index (κ3) is 4.49. The van der Waals surface area contributed by atoms with Gasteiger partial charge in [-0.25, -0.2) is 0 Å². The van der Waals surface area contributed by atoms with Crippen molar-refractivity contribution >= 4 is 5.69 Å². The van der Waals surface area contributed by atoms with Crippen LogP contribution in [0.5, 0.6) is 5.75 Å². The number of rotatable bonds is 6. The van der Waals surface area contributed by atoms with Gasteiger partial charge in [-0.05, 0) is 30.5 Å². The molecule has 0 unspecified atom stereocenters. The van der Waals surface area contributed by atoms with E-state index in [2.05, 4.69) is 34.5 Å². The molecule has 2 aromatic carbocycles. The van der Waals surface area contributed by atoms with Gasteiger partial charge in [-0.1, -0.05) is 36.4 Å². The van der Waals surface area contributed by atoms with Gasteiger partial charge in [0.25, 0.3) is 0 Å². The van der Waals surface area contributed by atoms with Crippen molar-refractivity contribution < 1.29 is 9.84 Å². The standard InChI is InChI=1S/C20H26N2O2/c1-24-19-9-5-8-18(14-19)21-16-20(23)10-12-22(13-11-20)15-17-6-3-2-4-7-17/h2-9,14,21,23H,10-13,15-16H2,1H3. The molecule has 0 radical (unpaired) electrons. The highest BCUT2D eigenvalue weighted by Crippen LogP contribution is 2.25. The Kier molecular flexibility index (Phi) is 5.38. The lowest BCUT2D eigenvalue weighted by Gasteiger charge is -2.38.